The number of aryl methyl sites for hydroxylation is 4. The van der Waals surface area contributed by atoms with Crippen LogP contribution in [-0.4, -0.2) is 46.2 Å². The van der Waals surface area contributed by atoms with Gasteiger partial charge in [-0.3, -0.25) is 4.79 Å². The van der Waals surface area contributed by atoms with Crippen LogP contribution >= 0.6 is 0 Å². The molecule has 2 rings (SSSR count). The van der Waals surface area contributed by atoms with Crippen LogP contribution in [0.15, 0.2) is 0 Å². The molecular formula is C18H38N8O. The minimum atomic E-state index is 0.284. The van der Waals surface area contributed by atoms with Crippen LogP contribution in [0.25, 0.3) is 0 Å². The van der Waals surface area contributed by atoms with Crippen LogP contribution in [0.5, 0.6) is 0 Å². The third kappa shape index (κ3) is 15.8. The smallest absolute Gasteiger partial charge is 0.171 e. The fraction of sp³-hybridized carbons (Fsp3) is 0.833. The average molecular weight is 383 g/mol. The van der Waals surface area contributed by atoms with E-state index in [2.05, 4.69) is 58.6 Å². The number of hydrogen-bond acceptors (Lipinski definition) is 7. The van der Waals surface area contributed by atoms with E-state index in [0.717, 1.165) is 31.5 Å². The largest absolute Gasteiger partial charge is 0.299 e. The molecule has 2 aromatic heterocycles. The van der Waals surface area contributed by atoms with Gasteiger partial charge in [0.2, 0.25) is 0 Å². The molecule has 0 aliphatic rings. The Morgan fingerprint density at radius 1 is 1.04 bits per heavy atom. The highest BCUT2D eigenvalue weighted by molar-refractivity contribution is 5.80. The summed E-state index contributed by atoms with van der Waals surface area (Å²) in [4.78, 5) is 12.6. The van der Waals surface area contributed by atoms with Gasteiger partial charge in [-0.25, -0.2) is 4.68 Å². The molecule has 2 heterocycles. The quantitative estimate of drug-likeness (QED) is 0.781. The normalized spacial score (nSPS) is 10.4. The molecule has 1 unspecified atom stereocenters. The predicted octanol–water partition coefficient (Wildman–Crippen LogP) is 3.25. The third-order valence-corrected chi connectivity index (χ3v) is 3.38. The molecule has 0 aliphatic carbocycles. The van der Waals surface area contributed by atoms with E-state index < -0.39 is 0 Å². The molecule has 0 saturated carbocycles. The number of rotatable bonds is 5. The van der Waals surface area contributed by atoms with Gasteiger partial charge in [-0.2, -0.15) is 4.80 Å². The van der Waals surface area contributed by atoms with E-state index in [4.69, 9.17) is 0 Å². The molecule has 0 spiro atoms. The van der Waals surface area contributed by atoms with Gasteiger partial charge in [-0.1, -0.05) is 47.5 Å². The number of Topliss-reactive ketones (excluding diaryl/α,β-unsaturated/α-hetero) is 1. The highest BCUT2D eigenvalue weighted by Gasteiger charge is 2.08. The lowest BCUT2D eigenvalue weighted by Gasteiger charge is -2.04. The SMILES string of the molecule is CCC.CCCCC(=O)C(C)CC.Cc1nnn(C)n1.Cc1nnnn1C. The average Bonchev–Trinajstić information content (AvgIpc) is 3.20. The molecule has 1 atom stereocenters. The summed E-state index contributed by atoms with van der Waals surface area (Å²) < 4.78 is 1.61. The number of ketones is 1. The van der Waals surface area contributed by atoms with Crippen LogP contribution in [0.3, 0.4) is 0 Å². The molecule has 0 N–H and O–H groups in total. The van der Waals surface area contributed by atoms with Crippen molar-refractivity contribution < 1.29 is 4.79 Å². The van der Waals surface area contributed by atoms with Crippen molar-refractivity contribution >= 4 is 5.78 Å². The fourth-order valence-corrected chi connectivity index (χ4v) is 1.48. The summed E-state index contributed by atoms with van der Waals surface area (Å²) in [6, 6.07) is 0. The Bertz CT molecular complexity index is 561. The Balaban J connectivity index is 0. The second kappa shape index (κ2) is 17.2. The second-order valence-electron chi connectivity index (χ2n) is 6.26. The van der Waals surface area contributed by atoms with Gasteiger partial charge in [0.1, 0.15) is 11.6 Å². The number of tetrazole rings is 2. The first kappa shape index (κ1) is 27.0. The fourth-order valence-electron chi connectivity index (χ4n) is 1.48. The molecule has 0 fully saturated rings. The Labute approximate surface area is 163 Å². The van der Waals surface area contributed by atoms with E-state index in [0.29, 0.717) is 11.6 Å². The van der Waals surface area contributed by atoms with Crippen molar-refractivity contribution in [3.05, 3.63) is 11.6 Å². The monoisotopic (exact) mass is 382 g/mol. The molecular weight excluding hydrogens is 344 g/mol. The van der Waals surface area contributed by atoms with E-state index in [1.807, 2.05) is 13.8 Å². The van der Waals surface area contributed by atoms with Gasteiger partial charge in [0.25, 0.3) is 0 Å². The van der Waals surface area contributed by atoms with Crippen molar-refractivity contribution in [1.29, 1.82) is 0 Å². The van der Waals surface area contributed by atoms with Crippen LogP contribution < -0.4 is 0 Å². The van der Waals surface area contributed by atoms with Crippen molar-refractivity contribution in [3.8, 4) is 0 Å². The van der Waals surface area contributed by atoms with Crippen LogP contribution in [0, 0.1) is 19.8 Å². The molecule has 0 saturated heterocycles. The van der Waals surface area contributed by atoms with Gasteiger partial charge in [-0.05, 0) is 42.3 Å². The van der Waals surface area contributed by atoms with Gasteiger partial charge in [-0.15, -0.1) is 15.3 Å². The van der Waals surface area contributed by atoms with Crippen LogP contribution in [0.1, 0.15) is 78.4 Å². The summed E-state index contributed by atoms with van der Waals surface area (Å²) in [5.41, 5.74) is 0. The van der Waals surface area contributed by atoms with Crippen molar-refractivity contribution in [2.45, 2.75) is 80.6 Å². The highest BCUT2D eigenvalue weighted by atomic mass is 16.1. The number of aromatic nitrogens is 8. The van der Waals surface area contributed by atoms with Gasteiger partial charge >= 0.3 is 0 Å². The van der Waals surface area contributed by atoms with E-state index in [1.54, 1.807) is 25.7 Å². The maximum Gasteiger partial charge on any atom is 0.171 e. The lowest BCUT2D eigenvalue weighted by atomic mass is 9.99. The number of unbranched alkanes of at least 4 members (excludes halogenated alkanes) is 1. The van der Waals surface area contributed by atoms with E-state index in [-0.39, 0.29) is 5.92 Å². The van der Waals surface area contributed by atoms with E-state index in [1.165, 1.54) is 11.2 Å². The van der Waals surface area contributed by atoms with Crippen molar-refractivity contribution in [2.24, 2.45) is 20.0 Å². The molecule has 2 aromatic rings. The lowest BCUT2D eigenvalue weighted by molar-refractivity contribution is -0.122. The van der Waals surface area contributed by atoms with Crippen molar-refractivity contribution in [2.75, 3.05) is 0 Å². The van der Waals surface area contributed by atoms with E-state index >= 15 is 0 Å². The Morgan fingerprint density at radius 3 is 1.85 bits per heavy atom. The molecule has 9 nitrogen and oxygen atoms in total. The molecule has 9 heteroatoms. The predicted molar refractivity (Wildman–Crippen MR) is 107 cm³/mol. The standard InChI is InChI=1S/C9H18O.2C3H6N4.C3H8/c1-4-6-7-9(10)8(3)5-2;1-3-4-5-6-7(3)2;1-3-4-6-7(2)5-3;1-3-2/h8H,4-7H2,1-3H3;2*1-2H3;3H2,1-2H3. The highest BCUT2D eigenvalue weighted by Crippen LogP contribution is 2.07. The molecule has 156 valence electrons. The lowest BCUT2D eigenvalue weighted by Crippen LogP contribution is -2.08. The van der Waals surface area contributed by atoms with Crippen LogP contribution in [0.4, 0.5) is 0 Å². The molecule has 0 aromatic carbocycles. The van der Waals surface area contributed by atoms with Gasteiger partial charge in [0.15, 0.2) is 5.82 Å². The molecule has 0 amide bonds. The molecule has 27 heavy (non-hydrogen) atoms. The summed E-state index contributed by atoms with van der Waals surface area (Å²) in [5, 5.41) is 21.6. The maximum atomic E-state index is 11.1. The summed E-state index contributed by atoms with van der Waals surface area (Å²) in [5.74, 6) is 2.26. The zero-order valence-electron chi connectivity index (χ0n) is 18.6. The van der Waals surface area contributed by atoms with E-state index in [9.17, 15) is 4.79 Å². The summed E-state index contributed by atoms with van der Waals surface area (Å²) in [7, 11) is 3.54. The Kier molecular flexibility index (Phi) is 17.3. The minimum absolute atomic E-state index is 0.284. The second-order valence-corrected chi connectivity index (χ2v) is 6.26. The summed E-state index contributed by atoms with van der Waals surface area (Å²) in [6.45, 7) is 14.1. The summed E-state index contributed by atoms with van der Waals surface area (Å²) >= 11 is 0. The molecule has 0 aliphatic heterocycles. The topological polar surface area (TPSA) is 104 Å². The maximum absolute atomic E-state index is 11.1. The molecule has 0 bridgehead atoms. The minimum Gasteiger partial charge on any atom is -0.299 e. The third-order valence-electron chi connectivity index (χ3n) is 3.38. The van der Waals surface area contributed by atoms with Crippen molar-refractivity contribution in [3.63, 3.8) is 0 Å². The molecule has 0 radical (unpaired) electrons. The van der Waals surface area contributed by atoms with Crippen LogP contribution in [-0.2, 0) is 18.9 Å². The first-order valence-electron chi connectivity index (χ1n) is 9.65. The van der Waals surface area contributed by atoms with Crippen LogP contribution in [0.2, 0.25) is 0 Å². The van der Waals surface area contributed by atoms with Gasteiger partial charge in [0, 0.05) is 19.4 Å². The number of hydrogen-bond donors (Lipinski definition) is 0. The number of carbonyl (C=O) groups excluding carboxylic acids is 1. The van der Waals surface area contributed by atoms with Crippen molar-refractivity contribution in [1.82, 2.24) is 40.4 Å². The van der Waals surface area contributed by atoms with Gasteiger partial charge in [0.05, 0.1) is 7.05 Å². The van der Waals surface area contributed by atoms with Gasteiger partial charge < -0.3 is 0 Å². The zero-order valence-corrected chi connectivity index (χ0v) is 18.6. The first-order valence-corrected chi connectivity index (χ1v) is 9.65. The Hall–Kier alpha value is -2.19. The Morgan fingerprint density at radius 2 is 1.63 bits per heavy atom. The summed E-state index contributed by atoms with van der Waals surface area (Å²) in [6.07, 6.45) is 5.21. The first-order chi connectivity index (χ1) is 12.7. The number of carbonyl (C=O) groups is 1. The zero-order chi connectivity index (χ0) is 21.2. The number of nitrogens with zero attached hydrogens (tertiary/aromatic N) is 8.